The molecule has 0 spiro atoms. The Hall–Kier alpha value is -1.69. The van der Waals surface area contributed by atoms with Crippen molar-refractivity contribution >= 4 is 11.8 Å². The van der Waals surface area contributed by atoms with Gasteiger partial charge < -0.3 is 14.7 Å². The Kier molecular flexibility index (Phi) is 2.77. The van der Waals surface area contributed by atoms with Crippen molar-refractivity contribution in [3.05, 3.63) is 18.1 Å². The highest BCUT2D eigenvalue weighted by Gasteiger charge is 2.13. The van der Waals surface area contributed by atoms with Crippen LogP contribution in [0.3, 0.4) is 0 Å². The lowest BCUT2D eigenvalue weighted by molar-refractivity contribution is 0.0690. The molecule has 6 heteroatoms. The minimum Gasteiger partial charge on any atom is -0.476 e. The summed E-state index contributed by atoms with van der Waals surface area (Å²) in [6, 6.07) is 0. The van der Waals surface area contributed by atoms with Crippen LogP contribution >= 0.6 is 0 Å². The number of hydrogen-bond acceptors (Lipinski definition) is 5. The monoisotopic (exact) mass is 209 g/mol. The number of hydrogen-bond donors (Lipinski definition) is 1. The highest BCUT2D eigenvalue weighted by molar-refractivity contribution is 5.84. The van der Waals surface area contributed by atoms with Crippen molar-refractivity contribution in [1.82, 2.24) is 9.97 Å². The standard InChI is InChI=1S/C9H11N3O3/c13-9(14)7-5-11-8(6-10-7)12-1-3-15-4-2-12/h5-6H,1-4H2,(H,13,14). The van der Waals surface area contributed by atoms with Crippen LogP contribution in [-0.2, 0) is 4.74 Å². The molecule has 0 aromatic carbocycles. The Bertz CT molecular complexity index is 346. The average Bonchev–Trinajstić information content (AvgIpc) is 2.30. The van der Waals surface area contributed by atoms with E-state index in [-0.39, 0.29) is 5.69 Å². The first-order valence-electron chi connectivity index (χ1n) is 4.65. The van der Waals surface area contributed by atoms with Crippen LogP contribution in [0.1, 0.15) is 10.5 Å². The van der Waals surface area contributed by atoms with Gasteiger partial charge in [0.1, 0.15) is 5.82 Å². The summed E-state index contributed by atoms with van der Waals surface area (Å²) in [5.41, 5.74) is -0.0352. The predicted octanol–water partition coefficient (Wildman–Crippen LogP) is 0.0114. The van der Waals surface area contributed by atoms with Crippen LogP contribution in [0, 0.1) is 0 Å². The second-order valence-corrected chi connectivity index (χ2v) is 3.16. The zero-order valence-corrected chi connectivity index (χ0v) is 8.09. The number of carbonyl (C=O) groups is 1. The quantitative estimate of drug-likeness (QED) is 0.739. The topological polar surface area (TPSA) is 75.5 Å². The van der Waals surface area contributed by atoms with E-state index in [1.807, 2.05) is 4.90 Å². The Morgan fingerprint density at radius 2 is 2.07 bits per heavy atom. The molecular formula is C9H11N3O3. The number of nitrogens with zero attached hydrogens (tertiary/aromatic N) is 3. The van der Waals surface area contributed by atoms with E-state index in [2.05, 4.69) is 9.97 Å². The predicted molar refractivity (Wildman–Crippen MR) is 52.0 cm³/mol. The van der Waals surface area contributed by atoms with Crippen LogP contribution in [0.25, 0.3) is 0 Å². The number of aromatic carboxylic acids is 1. The number of carboxylic acids is 1. The first-order valence-corrected chi connectivity index (χ1v) is 4.65. The second-order valence-electron chi connectivity index (χ2n) is 3.16. The van der Waals surface area contributed by atoms with Gasteiger partial charge in [-0.2, -0.15) is 0 Å². The zero-order valence-electron chi connectivity index (χ0n) is 8.09. The summed E-state index contributed by atoms with van der Waals surface area (Å²) in [5.74, 6) is -0.362. The Morgan fingerprint density at radius 1 is 1.33 bits per heavy atom. The third-order valence-corrected chi connectivity index (χ3v) is 2.19. The molecule has 1 N–H and O–H groups in total. The first-order chi connectivity index (χ1) is 7.27. The first kappa shape index (κ1) is 9.85. The van der Waals surface area contributed by atoms with Crippen molar-refractivity contribution in [2.24, 2.45) is 0 Å². The van der Waals surface area contributed by atoms with Gasteiger partial charge in [-0.3, -0.25) is 0 Å². The zero-order chi connectivity index (χ0) is 10.7. The fourth-order valence-electron chi connectivity index (χ4n) is 1.39. The molecule has 1 aromatic rings. The number of ether oxygens (including phenoxy) is 1. The van der Waals surface area contributed by atoms with Gasteiger partial charge in [-0.1, -0.05) is 0 Å². The SMILES string of the molecule is O=C(O)c1cnc(N2CCOCC2)cn1. The fourth-order valence-corrected chi connectivity index (χ4v) is 1.39. The molecule has 6 nitrogen and oxygen atoms in total. The molecule has 1 saturated heterocycles. The molecule has 2 heterocycles. The minimum absolute atomic E-state index is 0.0352. The van der Waals surface area contributed by atoms with Crippen molar-refractivity contribution in [1.29, 1.82) is 0 Å². The van der Waals surface area contributed by atoms with E-state index < -0.39 is 5.97 Å². The summed E-state index contributed by atoms with van der Waals surface area (Å²) in [7, 11) is 0. The number of rotatable bonds is 2. The van der Waals surface area contributed by atoms with E-state index >= 15 is 0 Å². The fraction of sp³-hybridized carbons (Fsp3) is 0.444. The van der Waals surface area contributed by atoms with Crippen LogP contribution < -0.4 is 4.90 Å². The molecule has 1 aromatic heterocycles. The van der Waals surface area contributed by atoms with Crippen LogP contribution in [0.2, 0.25) is 0 Å². The van der Waals surface area contributed by atoms with Crippen molar-refractivity contribution in [2.45, 2.75) is 0 Å². The van der Waals surface area contributed by atoms with E-state index in [9.17, 15) is 4.79 Å². The number of morpholine rings is 1. The van der Waals surface area contributed by atoms with Crippen molar-refractivity contribution in [2.75, 3.05) is 31.2 Å². The second kappa shape index (κ2) is 4.22. The summed E-state index contributed by atoms with van der Waals surface area (Å²) >= 11 is 0. The molecule has 1 aliphatic heterocycles. The maximum absolute atomic E-state index is 10.6. The Morgan fingerprint density at radius 3 is 2.60 bits per heavy atom. The Labute approximate surface area is 86.5 Å². The molecule has 1 aliphatic rings. The molecule has 1 fully saturated rings. The van der Waals surface area contributed by atoms with Crippen molar-refractivity contribution in [3.63, 3.8) is 0 Å². The van der Waals surface area contributed by atoms with E-state index in [1.165, 1.54) is 12.4 Å². The maximum atomic E-state index is 10.6. The van der Waals surface area contributed by atoms with Gasteiger partial charge in [0, 0.05) is 13.1 Å². The van der Waals surface area contributed by atoms with Crippen LogP contribution in [0.5, 0.6) is 0 Å². The van der Waals surface area contributed by atoms with Crippen molar-refractivity contribution < 1.29 is 14.6 Å². The normalized spacial score (nSPS) is 16.4. The van der Waals surface area contributed by atoms with Crippen LogP contribution in [-0.4, -0.2) is 47.3 Å². The smallest absolute Gasteiger partial charge is 0.356 e. The van der Waals surface area contributed by atoms with Gasteiger partial charge >= 0.3 is 5.97 Å². The van der Waals surface area contributed by atoms with E-state index in [4.69, 9.17) is 9.84 Å². The van der Waals surface area contributed by atoms with Gasteiger partial charge in [-0.15, -0.1) is 0 Å². The third-order valence-electron chi connectivity index (χ3n) is 2.19. The van der Waals surface area contributed by atoms with Gasteiger partial charge in [0.2, 0.25) is 0 Å². The van der Waals surface area contributed by atoms with E-state index in [0.717, 1.165) is 13.1 Å². The number of anilines is 1. The molecule has 0 unspecified atom stereocenters. The molecule has 0 saturated carbocycles. The number of aromatic nitrogens is 2. The number of carboxylic acid groups (broad SMARTS) is 1. The molecule has 0 aliphatic carbocycles. The van der Waals surface area contributed by atoms with Gasteiger partial charge in [-0.25, -0.2) is 14.8 Å². The summed E-state index contributed by atoms with van der Waals surface area (Å²) in [6.07, 6.45) is 2.75. The highest BCUT2D eigenvalue weighted by Crippen LogP contribution is 2.10. The molecule has 0 bridgehead atoms. The summed E-state index contributed by atoms with van der Waals surface area (Å²) in [6.45, 7) is 2.87. The van der Waals surface area contributed by atoms with Crippen LogP contribution in [0.15, 0.2) is 12.4 Å². The lowest BCUT2D eigenvalue weighted by Crippen LogP contribution is -2.36. The molecular weight excluding hydrogens is 198 g/mol. The third kappa shape index (κ3) is 2.21. The molecule has 0 radical (unpaired) electrons. The lowest BCUT2D eigenvalue weighted by Gasteiger charge is -2.27. The average molecular weight is 209 g/mol. The van der Waals surface area contributed by atoms with Crippen LogP contribution in [0.4, 0.5) is 5.82 Å². The largest absolute Gasteiger partial charge is 0.476 e. The molecule has 15 heavy (non-hydrogen) atoms. The van der Waals surface area contributed by atoms with Gasteiger partial charge in [-0.05, 0) is 0 Å². The molecule has 2 rings (SSSR count). The van der Waals surface area contributed by atoms with E-state index in [0.29, 0.717) is 19.0 Å². The summed E-state index contributed by atoms with van der Waals surface area (Å²) in [5, 5.41) is 8.65. The van der Waals surface area contributed by atoms with E-state index in [1.54, 1.807) is 0 Å². The molecule has 0 amide bonds. The minimum atomic E-state index is -1.06. The van der Waals surface area contributed by atoms with Gasteiger partial charge in [0.05, 0.1) is 25.6 Å². The highest BCUT2D eigenvalue weighted by atomic mass is 16.5. The van der Waals surface area contributed by atoms with Gasteiger partial charge in [0.25, 0.3) is 0 Å². The maximum Gasteiger partial charge on any atom is 0.356 e. The lowest BCUT2D eigenvalue weighted by atomic mass is 10.4. The summed E-state index contributed by atoms with van der Waals surface area (Å²) in [4.78, 5) is 20.4. The van der Waals surface area contributed by atoms with Gasteiger partial charge in [0.15, 0.2) is 5.69 Å². The molecule has 0 atom stereocenters. The van der Waals surface area contributed by atoms with Crippen molar-refractivity contribution in [3.8, 4) is 0 Å². The Balaban J connectivity index is 2.11. The summed E-state index contributed by atoms with van der Waals surface area (Å²) < 4.78 is 5.20. The molecule has 80 valence electrons.